The molecule has 2 aromatic carbocycles. The summed E-state index contributed by atoms with van der Waals surface area (Å²) >= 11 is 5.77. The van der Waals surface area contributed by atoms with Crippen molar-refractivity contribution in [1.29, 1.82) is 0 Å². The standard InChI is InChI=1S/C30H36ClNO5Si/c1-21-26-12-11-25(36-20-34-16-17-38(3,4)5)18-27(26)37-30(22-6-9-24(10-7-22)35-15-14-31)29(21)23-8-13-28(33-2)32-19-23/h6-13,18-19,30H,14-17,20H2,1-5H3. The van der Waals surface area contributed by atoms with Crippen molar-refractivity contribution >= 4 is 30.8 Å². The van der Waals surface area contributed by atoms with Crippen LogP contribution in [0.5, 0.6) is 23.1 Å². The zero-order valence-electron chi connectivity index (χ0n) is 22.8. The summed E-state index contributed by atoms with van der Waals surface area (Å²) < 4.78 is 29.2. The van der Waals surface area contributed by atoms with Crippen molar-refractivity contribution in [1.82, 2.24) is 4.98 Å². The number of rotatable bonds is 12. The number of hydrogen-bond donors (Lipinski definition) is 0. The first kappa shape index (κ1) is 28.0. The van der Waals surface area contributed by atoms with Crippen LogP contribution in [0.1, 0.15) is 29.7 Å². The first-order valence-corrected chi connectivity index (χ1v) is 17.0. The van der Waals surface area contributed by atoms with Crippen LogP contribution in [0.4, 0.5) is 0 Å². The fraction of sp³-hybridized carbons (Fsp3) is 0.367. The Morgan fingerprint density at radius 3 is 2.37 bits per heavy atom. The highest BCUT2D eigenvalue weighted by molar-refractivity contribution is 6.76. The summed E-state index contributed by atoms with van der Waals surface area (Å²) in [5.74, 6) is 3.25. The molecule has 1 atom stereocenters. The summed E-state index contributed by atoms with van der Waals surface area (Å²) in [4.78, 5) is 4.44. The molecule has 8 heteroatoms. The van der Waals surface area contributed by atoms with Crippen LogP contribution in [0, 0.1) is 0 Å². The van der Waals surface area contributed by atoms with Crippen LogP contribution in [0.2, 0.25) is 25.7 Å². The lowest BCUT2D eigenvalue weighted by molar-refractivity contribution is 0.0219. The van der Waals surface area contributed by atoms with Crippen molar-refractivity contribution in [3.63, 3.8) is 0 Å². The number of aromatic nitrogens is 1. The van der Waals surface area contributed by atoms with E-state index in [0.29, 0.717) is 30.7 Å². The highest BCUT2D eigenvalue weighted by Crippen LogP contribution is 2.47. The van der Waals surface area contributed by atoms with Gasteiger partial charge in [0.15, 0.2) is 6.79 Å². The van der Waals surface area contributed by atoms with E-state index < -0.39 is 8.07 Å². The molecule has 0 bridgehead atoms. The molecule has 3 aromatic rings. The number of fused-ring (bicyclic) bond motifs is 1. The Labute approximate surface area is 231 Å². The first-order chi connectivity index (χ1) is 18.3. The Balaban J connectivity index is 1.62. The van der Waals surface area contributed by atoms with Gasteiger partial charge in [0, 0.05) is 49.7 Å². The fourth-order valence-electron chi connectivity index (χ4n) is 4.23. The van der Waals surface area contributed by atoms with Gasteiger partial charge in [-0.3, -0.25) is 0 Å². The Bertz CT molecular complexity index is 1240. The van der Waals surface area contributed by atoms with Crippen molar-refractivity contribution in [2.24, 2.45) is 0 Å². The van der Waals surface area contributed by atoms with Crippen LogP contribution in [-0.4, -0.2) is 46.1 Å². The van der Waals surface area contributed by atoms with Crippen LogP contribution in [0.25, 0.3) is 11.1 Å². The molecule has 0 aliphatic carbocycles. The minimum absolute atomic E-state index is 0.216. The summed E-state index contributed by atoms with van der Waals surface area (Å²) in [5.41, 5.74) is 5.15. The van der Waals surface area contributed by atoms with E-state index in [1.807, 2.05) is 60.8 Å². The zero-order chi connectivity index (χ0) is 27.1. The van der Waals surface area contributed by atoms with E-state index in [-0.39, 0.29) is 12.9 Å². The Hall–Kier alpha value is -3.00. The maximum absolute atomic E-state index is 6.65. The SMILES string of the molecule is COc1ccc(C2=C(C)c3ccc(OCOCC[Si](C)(C)C)cc3OC2c2ccc(OCCCl)cc2)cn1. The lowest BCUT2D eigenvalue weighted by Crippen LogP contribution is -2.22. The summed E-state index contributed by atoms with van der Waals surface area (Å²) in [7, 11) is 0.476. The predicted molar refractivity (Wildman–Crippen MR) is 155 cm³/mol. The van der Waals surface area contributed by atoms with E-state index in [1.54, 1.807) is 7.11 Å². The molecule has 4 rings (SSSR count). The number of halogens is 1. The van der Waals surface area contributed by atoms with E-state index in [4.69, 9.17) is 35.3 Å². The number of methoxy groups -OCH3 is 1. The van der Waals surface area contributed by atoms with Gasteiger partial charge < -0.3 is 23.7 Å². The molecule has 0 N–H and O–H groups in total. The number of benzene rings is 2. The molecule has 2 heterocycles. The zero-order valence-corrected chi connectivity index (χ0v) is 24.5. The van der Waals surface area contributed by atoms with Crippen molar-refractivity contribution in [2.75, 3.05) is 33.0 Å². The first-order valence-electron chi connectivity index (χ1n) is 12.8. The van der Waals surface area contributed by atoms with E-state index in [0.717, 1.165) is 45.4 Å². The van der Waals surface area contributed by atoms with Crippen molar-refractivity contribution < 1.29 is 23.7 Å². The average Bonchev–Trinajstić information content (AvgIpc) is 2.91. The highest BCUT2D eigenvalue weighted by Gasteiger charge is 2.30. The van der Waals surface area contributed by atoms with Gasteiger partial charge in [-0.15, -0.1) is 11.6 Å². The largest absolute Gasteiger partial charge is 0.492 e. The molecule has 0 saturated carbocycles. The normalized spacial score (nSPS) is 15.1. The van der Waals surface area contributed by atoms with E-state index in [9.17, 15) is 0 Å². The molecule has 1 aliphatic rings. The molecule has 202 valence electrons. The Morgan fingerprint density at radius 2 is 1.71 bits per heavy atom. The van der Waals surface area contributed by atoms with Crippen LogP contribution in [-0.2, 0) is 4.74 Å². The monoisotopic (exact) mass is 553 g/mol. The van der Waals surface area contributed by atoms with Crippen LogP contribution >= 0.6 is 11.6 Å². The maximum Gasteiger partial charge on any atom is 0.212 e. The molecule has 0 radical (unpaired) electrons. The second kappa shape index (κ2) is 12.7. The van der Waals surface area contributed by atoms with Gasteiger partial charge in [0.1, 0.15) is 30.0 Å². The lowest BCUT2D eigenvalue weighted by Gasteiger charge is -2.31. The third-order valence-corrected chi connectivity index (χ3v) is 8.22. The van der Waals surface area contributed by atoms with Crippen molar-refractivity contribution in [3.05, 3.63) is 77.5 Å². The highest BCUT2D eigenvalue weighted by atomic mass is 35.5. The summed E-state index contributed by atoms with van der Waals surface area (Å²) in [6.07, 6.45) is 1.48. The van der Waals surface area contributed by atoms with Gasteiger partial charge in [-0.05, 0) is 54.4 Å². The number of nitrogens with zero attached hydrogens (tertiary/aromatic N) is 1. The number of ether oxygens (including phenoxy) is 5. The van der Waals surface area contributed by atoms with Gasteiger partial charge in [0.2, 0.25) is 5.88 Å². The predicted octanol–water partition coefficient (Wildman–Crippen LogP) is 7.46. The molecule has 1 aromatic heterocycles. The molecule has 1 aliphatic heterocycles. The van der Waals surface area contributed by atoms with E-state index >= 15 is 0 Å². The lowest BCUT2D eigenvalue weighted by atomic mass is 9.86. The van der Waals surface area contributed by atoms with Gasteiger partial charge in [-0.2, -0.15) is 0 Å². The molecule has 0 spiro atoms. The third kappa shape index (κ3) is 7.10. The van der Waals surface area contributed by atoms with Crippen LogP contribution < -0.4 is 18.9 Å². The third-order valence-electron chi connectivity index (χ3n) is 6.36. The minimum Gasteiger partial charge on any atom is -0.492 e. The number of pyridine rings is 1. The molecular weight excluding hydrogens is 518 g/mol. The van der Waals surface area contributed by atoms with E-state index in [1.165, 1.54) is 0 Å². The van der Waals surface area contributed by atoms with E-state index in [2.05, 4.69) is 31.5 Å². The number of hydrogen-bond acceptors (Lipinski definition) is 6. The Kier molecular flexibility index (Phi) is 9.36. The summed E-state index contributed by atoms with van der Waals surface area (Å²) in [5, 5.41) is 0. The quantitative estimate of drug-likeness (QED) is 0.100. The van der Waals surface area contributed by atoms with Gasteiger partial charge in [0.25, 0.3) is 0 Å². The van der Waals surface area contributed by atoms with Crippen LogP contribution in [0.15, 0.2) is 60.8 Å². The van der Waals surface area contributed by atoms with Crippen LogP contribution in [0.3, 0.4) is 0 Å². The second-order valence-electron chi connectivity index (χ2n) is 10.4. The molecule has 0 amide bonds. The van der Waals surface area contributed by atoms with Crippen molar-refractivity contribution in [3.8, 4) is 23.1 Å². The summed E-state index contributed by atoms with van der Waals surface area (Å²) in [6, 6.07) is 18.9. The molecule has 1 unspecified atom stereocenters. The Morgan fingerprint density at radius 1 is 0.947 bits per heavy atom. The smallest absolute Gasteiger partial charge is 0.212 e. The molecular formula is C30H36ClNO5Si. The van der Waals surface area contributed by atoms with Gasteiger partial charge in [-0.1, -0.05) is 31.8 Å². The molecule has 0 fully saturated rings. The van der Waals surface area contributed by atoms with Crippen molar-refractivity contribution in [2.45, 2.75) is 38.7 Å². The van der Waals surface area contributed by atoms with Gasteiger partial charge in [0.05, 0.1) is 13.0 Å². The maximum atomic E-state index is 6.65. The fourth-order valence-corrected chi connectivity index (χ4v) is 5.07. The number of allylic oxidation sites excluding steroid dienone is 1. The molecule has 0 saturated heterocycles. The van der Waals surface area contributed by atoms with Gasteiger partial charge in [-0.25, -0.2) is 4.98 Å². The summed E-state index contributed by atoms with van der Waals surface area (Å²) in [6.45, 7) is 10.5. The number of alkyl halides is 1. The topological polar surface area (TPSA) is 59.0 Å². The average molecular weight is 554 g/mol. The minimum atomic E-state index is -1.13. The molecule has 38 heavy (non-hydrogen) atoms. The molecule has 6 nitrogen and oxygen atoms in total. The van der Waals surface area contributed by atoms with Gasteiger partial charge >= 0.3 is 0 Å². The second-order valence-corrected chi connectivity index (χ2v) is 16.4.